The Hall–Kier alpha value is -2.67. The van der Waals surface area contributed by atoms with E-state index in [9.17, 15) is 9.59 Å². The van der Waals surface area contributed by atoms with Gasteiger partial charge >= 0.3 is 0 Å². The molecular weight excluding hydrogens is 328 g/mol. The number of carbonyl (C=O) groups is 2. The van der Waals surface area contributed by atoms with Crippen molar-refractivity contribution in [3.63, 3.8) is 0 Å². The molecule has 7 heteroatoms. The van der Waals surface area contributed by atoms with Crippen LogP contribution in [0.4, 0.5) is 0 Å². The molecule has 1 aromatic carbocycles. The van der Waals surface area contributed by atoms with Crippen LogP contribution in [0.25, 0.3) is 6.08 Å². The third kappa shape index (κ3) is 3.30. The fraction of sp³-hybridized carbons (Fsp3) is 0.235. The minimum Gasteiger partial charge on any atom is -0.493 e. The van der Waals surface area contributed by atoms with E-state index in [1.54, 1.807) is 24.3 Å². The number of carbonyl (C=O) groups excluding carboxylic acids is 2. The molecule has 1 aliphatic heterocycles. The van der Waals surface area contributed by atoms with Gasteiger partial charge in [0.1, 0.15) is 12.2 Å². The smallest absolute Gasteiger partial charge is 0.265 e. The lowest BCUT2D eigenvalue weighted by atomic mass is 10.1. The average molecular weight is 346 g/mol. The molecule has 0 bridgehead atoms. The number of methoxy groups -OCH3 is 1. The lowest BCUT2D eigenvalue weighted by Crippen LogP contribution is -2.52. The molecular formula is C17H18N2O4S. The molecule has 1 aromatic rings. The van der Waals surface area contributed by atoms with Gasteiger partial charge in [-0.3, -0.25) is 19.4 Å². The van der Waals surface area contributed by atoms with Gasteiger partial charge in [-0.2, -0.15) is 0 Å². The van der Waals surface area contributed by atoms with E-state index < -0.39 is 11.8 Å². The Morgan fingerprint density at radius 1 is 1.17 bits per heavy atom. The molecule has 126 valence electrons. The second-order valence-electron chi connectivity index (χ2n) is 5.08. The lowest BCUT2D eigenvalue weighted by Gasteiger charge is -2.31. The van der Waals surface area contributed by atoms with Crippen LogP contribution in [-0.2, 0) is 9.59 Å². The summed E-state index contributed by atoms with van der Waals surface area (Å²) >= 11 is 5.06. The van der Waals surface area contributed by atoms with Crippen molar-refractivity contribution in [2.45, 2.75) is 0 Å². The number of hydrogen-bond donors (Lipinski definition) is 0. The number of hydrogen-bond acceptors (Lipinski definition) is 5. The van der Waals surface area contributed by atoms with Crippen LogP contribution in [-0.4, -0.2) is 54.5 Å². The Bertz CT molecular complexity index is 716. The van der Waals surface area contributed by atoms with Crippen molar-refractivity contribution in [2.24, 2.45) is 0 Å². The zero-order chi connectivity index (χ0) is 17.9. The van der Waals surface area contributed by atoms with E-state index in [1.165, 1.54) is 37.1 Å². The summed E-state index contributed by atoms with van der Waals surface area (Å²) in [4.78, 5) is 27.2. The summed E-state index contributed by atoms with van der Waals surface area (Å²) in [6, 6.07) is 5.14. The highest BCUT2D eigenvalue weighted by Crippen LogP contribution is 2.29. The van der Waals surface area contributed by atoms with Crippen molar-refractivity contribution in [3.8, 4) is 11.5 Å². The molecule has 1 fully saturated rings. The van der Waals surface area contributed by atoms with E-state index in [0.717, 1.165) is 0 Å². The van der Waals surface area contributed by atoms with Gasteiger partial charge in [0.15, 0.2) is 16.6 Å². The molecule has 0 unspecified atom stereocenters. The third-order valence-electron chi connectivity index (χ3n) is 3.50. The summed E-state index contributed by atoms with van der Waals surface area (Å²) in [5, 5.41) is 0.174. The summed E-state index contributed by atoms with van der Waals surface area (Å²) in [7, 11) is 4.59. The topological polar surface area (TPSA) is 59.1 Å². The summed E-state index contributed by atoms with van der Waals surface area (Å²) in [5.74, 6) is 0.179. The second kappa shape index (κ2) is 7.27. The van der Waals surface area contributed by atoms with Crippen LogP contribution >= 0.6 is 12.2 Å². The summed E-state index contributed by atoms with van der Waals surface area (Å²) in [5.41, 5.74) is 0.680. The molecule has 1 heterocycles. The second-order valence-corrected chi connectivity index (χ2v) is 5.44. The van der Waals surface area contributed by atoms with Crippen molar-refractivity contribution in [1.29, 1.82) is 0 Å². The molecule has 2 rings (SSSR count). The van der Waals surface area contributed by atoms with Gasteiger partial charge in [-0.15, -0.1) is 0 Å². The molecule has 1 aliphatic rings. The van der Waals surface area contributed by atoms with E-state index in [1.807, 2.05) is 0 Å². The molecule has 24 heavy (non-hydrogen) atoms. The fourth-order valence-corrected chi connectivity index (χ4v) is 2.35. The van der Waals surface area contributed by atoms with Gasteiger partial charge in [0, 0.05) is 14.1 Å². The van der Waals surface area contributed by atoms with Gasteiger partial charge in [-0.05, 0) is 36.0 Å². The summed E-state index contributed by atoms with van der Waals surface area (Å²) in [6.45, 7) is 3.94. The quantitative estimate of drug-likeness (QED) is 0.352. The number of rotatable bonds is 5. The van der Waals surface area contributed by atoms with E-state index >= 15 is 0 Å². The molecule has 0 aromatic heterocycles. The Morgan fingerprint density at radius 3 is 2.33 bits per heavy atom. The monoisotopic (exact) mass is 346 g/mol. The Labute approximate surface area is 145 Å². The Balaban J connectivity index is 2.39. The third-order valence-corrected chi connectivity index (χ3v) is 4.05. The van der Waals surface area contributed by atoms with Crippen LogP contribution in [0, 0.1) is 0 Å². The Morgan fingerprint density at radius 2 is 1.79 bits per heavy atom. The molecule has 6 nitrogen and oxygen atoms in total. The van der Waals surface area contributed by atoms with E-state index in [2.05, 4.69) is 6.58 Å². The maximum Gasteiger partial charge on any atom is 0.265 e. The molecule has 2 amide bonds. The number of benzene rings is 1. The van der Waals surface area contributed by atoms with Crippen molar-refractivity contribution >= 4 is 35.2 Å². The highest BCUT2D eigenvalue weighted by Gasteiger charge is 2.35. The van der Waals surface area contributed by atoms with E-state index in [-0.39, 0.29) is 10.7 Å². The first-order valence-electron chi connectivity index (χ1n) is 7.14. The summed E-state index contributed by atoms with van der Waals surface area (Å²) in [6.07, 6.45) is 3.14. The fourth-order valence-electron chi connectivity index (χ4n) is 2.18. The van der Waals surface area contributed by atoms with Gasteiger partial charge in [-0.1, -0.05) is 18.7 Å². The maximum absolute atomic E-state index is 12.3. The molecule has 0 saturated carbocycles. The molecule has 0 N–H and O–H groups in total. The van der Waals surface area contributed by atoms with Crippen LogP contribution in [0.2, 0.25) is 0 Å². The normalized spacial score (nSPS) is 14.8. The van der Waals surface area contributed by atoms with Gasteiger partial charge in [0.2, 0.25) is 0 Å². The van der Waals surface area contributed by atoms with E-state index in [4.69, 9.17) is 21.7 Å². The number of amides is 2. The lowest BCUT2D eigenvalue weighted by molar-refractivity contribution is -0.132. The van der Waals surface area contributed by atoms with Gasteiger partial charge in [-0.25, -0.2) is 0 Å². The van der Waals surface area contributed by atoms with Crippen molar-refractivity contribution in [2.75, 3.05) is 27.8 Å². The highest BCUT2D eigenvalue weighted by molar-refractivity contribution is 7.80. The first-order valence-corrected chi connectivity index (χ1v) is 7.55. The van der Waals surface area contributed by atoms with Gasteiger partial charge in [0.25, 0.3) is 11.8 Å². The number of ether oxygens (including phenoxy) is 2. The molecule has 1 saturated heterocycles. The number of thiocarbonyl (C=S) groups is 1. The minimum absolute atomic E-state index is 0.0374. The van der Waals surface area contributed by atoms with Crippen molar-refractivity contribution in [3.05, 3.63) is 42.0 Å². The molecule has 0 aliphatic carbocycles. The number of likely N-dealkylation sites (N-methyl/N-ethyl adjacent to an activating group) is 2. The summed E-state index contributed by atoms with van der Waals surface area (Å²) < 4.78 is 10.8. The molecule has 0 spiro atoms. The van der Waals surface area contributed by atoms with Crippen molar-refractivity contribution < 1.29 is 19.1 Å². The predicted molar refractivity (Wildman–Crippen MR) is 94.8 cm³/mol. The standard InChI is InChI=1S/C17H18N2O4S/c1-5-8-23-13-7-6-11(10-14(13)22-4)9-12-15(20)18(2)17(24)19(3)16(12)21/h5-7,9-10H,1,8H2,2-4H3. The highest BCUT2D eigenvalue weighted by atomic mass is 32.1. The first kappa shape index (κ1) is 17.7. The SMILES string of the molecule is C=CCOc1ccc(C=C2C(=O)N(C)C(=S)N(C)C2=O)cc1OC. The average Bonchev–Trinajstić information content (AvgIpc) is 2.60. The first-order chi connectivity index (χ1) is 11.4. The van der Waals surface area contributed by atoms with Crippen LogP contribution in [0.15, 0.2) is 36.4 Å². The zero-order valence-corrected chi connectivity index (χ0v) is 14.6. The molecule has 0 atom stereocenters. The van der Waals surface area contributed by atoms with Gasteiger partial charge in [0.05, 0.1) is 7.11 Å². The van der Waals surface area contributed by atoms with Crippen LogP contribution in [0.3, 0.4) is 0 Å². The number of nitrogens with zero attached hydrogens (tertiary/aromatic N) is 2. The maximum atomic E-state index is 12.3. The Kier molecular flexibility index (Phi) is 5.35. The zero-order valence-electron chi connectivity index (χ0n) is 13.7. The van der Waals surface area contributed by atoms with Crippen LogP contribution in [0.1, 0.15) is 5.56 Å². The largest absolute Gasteiger partial charge is 0.493 e. The van der Waals surface area contributed by atoms with E-state index in [0.29, 0.717) is 23.7 Å². The minimum atomic E-state index is -0.436. The van der Waals surface area contributed by atoms with Gasteiger partial charge < -0.3 is 9.47 Å². The molecule has 0 radical (unpaired) electrons. The predicted octanol–water partition coefficient (Wildman–Crippen LogP) is 1.86. The van der Waals surface area contributed by atoms with Crippen LogP contribution in [0.5, 0.6) is 11.5 Å². The van der Waals surface area contributed by atoms with Crippen LogP contribution < -0.4 is 9.47 Å². The van der Waals surface area contributed by atoms with Crippen molar-refractivity contribution in [1.82, 2.24) is 9.80 Å².